The Morgan fingerprint density at radius 1 is 0.333 bits per heavy atom. The topological polar surface area (TPSA) is 3.24 Å². The van der Waals surface area contributed by atoms with Gasteiger partial charge in [-0.05, 0) is 121 Å². The van der Waals surface area contributed by atoms with E-state index >= 15 is 0 Å². The summed E-state index contributed by atoms with van der Waals surface area (Å²) in [4.78, 5) is 2.40. The van der Waals surface area contributed by atoms with Gasteiger partial charge in [0.25, 0.3) is 0 Å². The van der Waals surface area contributed by atoms with Gasteiger partial charge < -0.3 is 4.90 Å². The Bertz CT molecular complexity index is 3230. The van der Waals surface area contributed by atoms with Crippen molar-refractivity contribution in [2.24, 2.45) is 0 Å². The van der Waals surface area contributed by atoms with Gasteiger partial charge in [-0.3, -0.25) is 0 Å². The minimum Gasteiger partial charge on any atom is -0.310 e. The van der Waals surface area contributed by atoms with E-state index in [2.05, 4.69) is 231 Å². The fraction of sp³-hybridized carbons (Fsp3) is 0.0690. The highest BCUT2D eigenvalue weighted by Crippen LogP contribution is 2.62. The number of thiophene rings is 1. The number of nitrogens with zero attached hydrogens (tertiary/aromatic N) is 1. The Labute approximate surface area is 355 Å². The second-order valence-electron chi connectivity index (χ2n) is 16.8. The maximum absolute atomic E-state index is 2.49. The van der Waals surface area contributed by atoms with Crippen molar-refractivity contribution in [3.05, 3.63) is 246 Å². The maximum Gasteiger partial charge on any atom is 0.0719 e. The van der Waals surface area contributed by atoms with Gasteiger partial charge >= 0.3 is 0 Å². The molecule has 0 saturated carbocycles. The number of hydrogen-bond acceptors (Lipinski definition) is 2. The number of anilines is 3. The van der Waals surface area contributed by atoms with E-state index in [0.717, 1.165) is 17.1 Å². The van der Waals surface area contributed by atoms with Crippen LogP contribution in [-0.2, 0) is 10.8 Å². The second kappa shape index (κ2) is 13.3. The third-order valence-corrected chi connectivity index (χ3v) is 14.5. The van der Waals surface area contributed by atoms with Crippen molar-refractivity contribution in [2.75, 3.05) is 4.90 Å². The van der Waals surface area contributed by atoms with Gasteiger partial charge in [0.15, 0.2) is 0 Å². The molecule has 1 heterocycles. The molecular formula is C58H41NS. The molecule has 2 heteroatoms. The molecule has 1 spiro atoms. The molecule has 0 fully saturated rings. The van der Waals surface area contributed by atoms with Crippen molar-refractivity contribution in [3.8, 4) is 33.4 Å². The summed E-state index contributed by atoms with van der Waals surface area (Å²) in [5.41, 5.74) is 18.6. The zero-order valence-electron chi connectivity index (χ0n) is 33.6. The molecule has 0 bridgehead atoms. The van der Waals surface area contributed by atoms with Crippen molar-refractivity contribution in [3.63, 3.8) is 0 Å². The quantitative estimate of drug-likeness (QED) is 0.168. The van der Waals surface area contributed by atoms with Crippen molar-refractivity contribution < 1.29 is 0 Å². The summed E-state index contributed by atoms with van der Waals surface area (Å²) < 4.78 is 2.62. The van der Waals surface area contributed by atoms with Gasteiger partial charge in [-0.15, -0.1) is 11.3 Å². The van der Waals surface area contributed by atoms with Gasteiger partial charge in [-0.2, -0.15) is 0 Å². The number of rotatable bonds is 5. The zero-order chi connectivity index (χ0) is 40.0. The molecule has 0 N–H and O–H groups in total. The lowest BCUT2D eigenvalue weighted by Gasteiger charge is -2.46. The van der Waals surface area contributed by atoms with Crippen LogP contribution in [-0.4, -0.2) is 0 Å². The minimum absolute atomic E-state index is 0.127. The molecule has 0 amide bonds. The summed E-state index contributed by atoms with van der Waals surface area (Å²) in [6.07, 6.45) is 0. The fourth-order valence-corrected chi connectivity index (χ4v) is 11.7. The lowest BCUT2D eigenvalue weighted by molar-refractivity contribution is 0.563. The predicted octanol–water partition coefficient (Wildman–Crippen LogP) is 15.9. The van der Waals surface area contributed by atoms with Crippen molar-refractivity contribution in [1.29, 1.82) is 0 Å². The summed E-state index contributed by atoms with van der Waals surface area (Å²) in [7, 11) is 0. The van der Waals surface area contributed by atoms with Crippen molar-refractivity contribution in [2.45, 2.75) is 24.7 Å². The number of fused-ring (bicyclic) bond motifs is 12. The molecule has 9 aromatic carbocycles. The maximum atomic E-state index is 2.49. The molecule has 2 aliphatic carbocycles. The van der Waals surface area contributed by atoms with Gasteiger partial charge in [-0.25, -0.2) is 0 Å². The molecule has 12 rings (SSSR count). The summed E-state index contributed by atoms with van der Waals surface area (Å²) in [6.45, 7) is 4.78. The number of benzene rings is 9. The Balaban J connectivity index is 1.00. The van der Waals surface area contributed by atoms with Gasteiger partial charge in [0.2, 0.25) is 0 Å². The Morgan fingerprint density at radius 2 is 0.817 bits per heavy atom. The molecule has 10 aromatic rings. The van der Waals surface area contributed by atoms with E-state index in [1.807, 2.05) is 11.3 Å². The molecule has 0 saturated heterocycles. The lowest BCUT2D eigenvalue weighted by atomic mass is 9.55. The van der Waals surface area contributed by atoms with Crippen molar-refractivity contribution in [1.82, 2.24) is 0 Å². The Morgan fingerprint density at radius 3 is 1.50 bits per heavy atom. The van der Waals surface area contributed by atoms with Gasteiger partial charge in [0.1, 0.15) is 0 Å². The van der Waals surface area contributed by atoms with E-state index in [9.17, 15) is 0 Å². The Hall–Kier alpha value is -7.00. The average Bonchev–Trinajstić information content (AvgIpc) is 3.83. The zero-order valence-corrected chi connectivity index (χ0v) is 34.4. The molecule has 0 radical (unpaired) electrons. The molecule has 0 unspecified atom stereocenters. The first-order chi connectivity index (χ1) is 29.5. The van der Waals surface area contributed by atoms with Crippen LogP contribution in [0.5, 0.6) is 0 Å². The lowest BCUT2D eigenvalue weighted by Crippen LogP contribution is -2.40. The second-order valence-corrected chi connectivity index (χ2v) is 17.9. The first-order valence-corrected chi connectivity index (χ1v) is 21.7. The molecule has 60 heavy (non-hydrogen) atoms. The van der Waals surface area contributed by atoms with E-state index in [0.29, 0.717) is 0 Å². The van der Waals surface area contributed by atoms with Crippen LogP contribution in [0, 0.1) is 0 Å². The SMILES string of the molecule is CC1(C)c2ccccc2C2(c3ccccc3-c3ccc(-c4ccc(N(c5ccc(-c6ccccc6)cc5)c5ccc6sc7ccccc7c6c5)cc4)cc32)c2ccccc21. The Kier molecular flexibility index (Phi) is 7.73. The molecular weight excluding hydrogens is 743 g/mol. The first-order valence-electron chi connectivity index (χ1n) is 20.9. The predicted molar refractivity (Wildman–Crippen MR) is 254 cm³/mol. The van der Waals surface area contributed by atoms with Crippen LogP contribution in [0.2, 0.25) is 0 Å². The smallest absolute Gasteiger partial charge is 0.0719 e. The third-order valence-electron chi connectivity index (χ3n) is 13.4. The van der Waals surface area contributed by atoms with E-state index in [1.54, 1.807) is 0 Å². The third kappa shape index (κ3) is 5.04. The molecule has 1 aromatic heterocycles. The molecule has 0 aliphatic heterocycles. The van der Waals surface area contributed by atoms with E-state index in [1.165, 1.54) is 86.9 Å². The van der Waals surface area contributed by atoms with Gasteiger partial charge in [-0.1, -0.05) is 172 Å². The van der Waals surface area contributed by atoms with Crippen LogP contribution in [0.1, 0.15) is 47.2 Å². The van der Waals surface area contributed by atoms with E-state index in [-0.39, 0.29) is 5.41 Å². The summed E-state index contributed by atoms with van der Waals surface area (Å²) >= 11 is 1.86. The van der Waals surface area contributed by atoms with Crippen LogP contribution < -0.4 is 4.90 Å². The van der Waals surface area contributed by atoms with Gasteiger partial charge in [0.05, 0.1) is 5.41 Å². The largest absolute Gasteiger partial charge is 0.310 e. The first kappa shape index (κ1) is 35.0. The van der Waals surface area contributed by atoms with E-state index < -0.39 is 5.41 Å². The highest BCUT2D eigenvalue weighted by molar-refractivity contribution is 7.25. The van der Waals surface area contributed by atoms with E-state index in [4.69, 9.17) is 0 Å². The normalized spacial score (nSPS) is 14.1. The summed E-state index contributed by atoms with van der Waals surface area (Å²) in [5, 5.41) is 2.59. The molecule has 1 nitrogen and oxygen atoms in total. The van der Waals surface area contributed by atoms with Crippen molar-refractivity contribution >= 4 is 48.6 Å². The molecule has 284 valence electrons. The number of hydrogen-bond donors (Lipinski definition) is 0. The van der Waals surface area contributed by atoms with Gasteiger partial charge in [0, 0.05) is 42.6 Å². The average molecular weight is 784 g/mol. The molecule has 0 atom stereocenters. The van der Waals surface area contributed by atoms with Crippen LogP contribution in [0.3, 0.4) is 0 Å². The van der Waals surface area contributed by atoms with Crippen LogP contribution in [0.4, 0.5) is 17.1 Å². The van der Waals surface area contributed by atoms with Crippen LogP contribution in [0.25, 0.3) is 53.6 Å². The highest BCUT2D eigenvalue weighted by atomic mass is 32.1. The molecule has 2 aliphatic rings. The minimum atomic E-state index is -0.419. The summed E-state index contributed by atoms with van der Waals surface area (Å²) in [6, 6.07) is 79.2. The summed E-state index contributed by atoms with van der Waals surface area (Å²) in [5.74, 6) is 0. The van der Waals surface area contributed by atoms with Crippen LogP contribution in [0.15, 0.2) is 212 Å². The standard InChI is InChI=1S/C58H41NS/c1-57(2)50-19-9-11-21-52(50)58(53-22-12-10-20-51(53)57)49-18-8-6-16-45(49)46-34-28-41(36-54(46)58)40-26-31-43(32-27-40)59(42-29-24-39(25-30-42)38-14-4-3-5-15-38)44-33-35-56-48(37-44)47-17-7-13-23-55(47)60-56/h3-37H,1-2H3. The van der Waals surface area contributed by atoms with Crippen LogP contribution >= 0.6 is 11.3 Å². The monoisotopic (exact) mass is 783 g/mol. The highest BCUT2D eigenvalue weighted by Gasteiger charge is 2.53. The fourth-order valence-electron chi connectivity index (χ4n) is 10.6.